The fraction of sp³-hybridized carbons (Fsp3) is 0.182. The molecule has 0 amide bonds. The third-order valence-corrected chi connectivity index (χ3v) is 5.51. The van der Waals surface area contributed by atoms with Crippen LogP contribution in [0.4, 0.5) is 15.1 Å². The molecule has 0 aliphatic rings. The lowest BCUT2D eigenvalue weighted by Crippen LogP contribution is -2.20. The van der Waals surface area contributed by atoms with E-state index in [1.807, 2.05) is 37.3 Å². The van der Waals surface area contributed by atoms with Crippen LogP contribution >= 0.6 is 23.6 Å². The molecule has 1 aromatic heterocycles. The molecule has 2 N–H and O–H groups in total. The molecule has 1 heterocycles. The Balaban J connectivity index is 1.94. The maximum atomic E-state index is 13.3. The molecule has 29 heavy (non-hydrogen) atoms. The van der Waals surface area contributed by atoms with Crippen LogP contribution in [-0.2, 0) is 4.74 Å². The molecule has 0 aliphatic carbocycles. The summed E-state index contributed by atoms with van der Waals surface area (Å²) in [7, 11) is 0. The maximum absolute atomic E-state index is 13.3. The van der Waals surface area contributed by atoms with Gasteiger partial charge in [-0.25, -0.2) is 9.18 Å². The van der Waals surface area contributed by atoms with Crippen LogP contribution in [0.1, 0.15) is 27.7 Å². The van der Waals surface area contributed by atoms with Gasteiger partial charge in [0.1, 0.15) is 16.4 Å². The minimum Gasteiger partial charge on any atom is -0.462 e. The minimum atomic E-state index is -0.404. The third-order valence-electron chi connectivity index (χ3n) is 4.29. The summed E-state index contributed by atoms with van der Waals surface area (Å²) in [6.07, 6.45) is 0. The average molecular weight is 429 g/mol. The van der Waals surface area contributed by atoms with Crippen molar-refractivity contribution in [3.8, 4) is 11.1 Å². The topological polar surface area (TPSA) is 50.4 Å². The largest absolute Gasteiger partial charge is 0.462 e. The molecule has 0 fully saturated rings. The number of thiocarbonyl (C=S) groups is 1. The first-order valence-corrected chi connectivity index (χ1v) is 10.3. The van der Waals surface area contributed by atoms with Gasteiger partial charge >= 0.3 is 5.97 Å². The van der Waals surface area contributed by atoms with Crippen LogP contribution in [0.15, 0.2) is 48.5 Å². The Morgan fingerprint density at radius 1 is 1.14 bits per heavy atom. The van der Waals surface area contributed by atoms with E-state index in [9.17, 15) is 9.18 Å². The van der Waals surface area contributed by atoms with Gasteiger partial charge in [-0.3, -0.25) is 0 Å². The van der Waals surface area contributed by atoms with E-state index in [1.165, 1.54) is 23.5 Å². The highest BCUT2D eigenvalue weighted by atomic mass is 32.1. The van der Waals surface area contributed by atoms with Gasteiger partial charge in [0.05, 0.1) is 6.61 Å². The van der Waals surface area contributed by atoms with Gasteiger partial charge in [0.25, 0.3) is 0 Å². The number of thiophene rings is 1. The Morgan fingerprint density at radius 2 is 1.86 bits per heavy atom. The number of aryl methyl sites for hydroxylation is 2. The molecular weight excluding hydrogens is 407 g/mol. The van der Waals surface area contributed by atoms with Crippen molar-refractivity contribution in [2.24, 2.45) is 0 Å². The Kier molecular flexibility index (Phi) is 6.61. The molecule has 7 heteroatoms. The summed E-state index contributed by atoms with van der Waals surface area (Å²) < 4.78 is 18.6. The first kappa shape index (κ1) is 21.0. The summed E-state index contributed by atoms with van der Waals surface area (Å²) in [5.74, 6) is -0.711. The van der Waals surface area contributed by atoms with Gasteiger partial charge in [0.2, 0.25) is 0 Å². The Bertz CT molecular complexity index is 1050. The van der Waals surface area contributed by atoms with E-state index in [0.29, 0.717) is 21.4 Å². The molecule has 2 aromatic carbocycles. The van der Waals surface area contributed by atoms with Crippen LogP contribution in [-0.4, -0.2) is 17.7 Å². The summed E-state index contributed by atoms with van der Waals surface area (Å²) in [6.45, 7) is 5.80. The van der Waals surface area contributed by atoms with Gasteiger partial charge in [-0.15, -0.1) is 11.3 Å². The molecular formula is C22H21FN2O2S2. The van der Waals surface area contributed by atoms with E-state index < -0.39 is 5.97 Å². The molecule has 3 rings (SSSR count). The number of halogens is 1. The molecule has 0 atom stereocenters. The number of rotatable bonds is 5. The number of esters is 1. The van der Waals surface area contributed by atoms with E-state index in [1.54, 1.807) is 19.9 Å². The quantitative estimate of drug-likeness (QED) is 0.377. The van der Waals surface area contributed by atoms with Crippen LogP contribution in [0.5, 0.6) is 0 Å². The zero-order valence-corrected chi connectivity index (χ0v) is 18.0. The van der Waals surface area contributed by atoms with Crippen molar-refractivity contribution in [2.45, 2.75) is 20.8 Å². The van der Waals surface area contributed by atoms with Gasteiger partial charge < -0.3 is 15.4 Å². The molecule has 0 bridgehead atoms. The summed E-state index contributed by atoms with van der Waals surface area (Å²) in [5, 5.41) is 7.10. The Labute approximate surface area is 178 Å². The predicted octanol–water partition coefficient (Wildman–Crippen LogP) is 6.16. The second kappa shape index (κ2) is 9.15. The standard InChI is InChI=1S/C22H21FN2O2S2/c1-4-27-21(26)19-18(15-8-6-5-7-9-15)14(3)29-20(19)25-22(28)24-17-11-10-16(23)12-13(17)2/h5-12H,4H2,1-3H3,(H2,24,25,28). The zero-order valence-electron chi connectivity index (χ0n) is 16.3. The molecule has 0 saturated carbocycles. The molecule has 0 radical (unpaired) electrons. The summed E-state index contributed by atoms with van der Waals surface area (Å²) >= 11 is 6.87. The number of benzene rings is 2. The van der Waals surface area contributed by atoms with Crippen molar-refractivity contribution in [1.82, 2.24) is 0 Å². The highest BCUT2D eigenvalue weighted by Gasteiger charge is 2.25. The highest BCUT2D eigenvalue weighted by Crippen LogP contribution is 2.40. The van der Waals surface area contributed by atoms with Crippen LogP contribution in [0, 0.1) is 19.7 Å². The number of nitrogens with one attached hydrogen (secondary N) is 2. The first-order chi connectivity index (χ1) is 13.9. The van der Waals surface area contributed by atoms with Crippen molar-refractivity contribution in [3.63, 3.8) is 0 Å². The first-order valence-electron chi connectivity index (χ1n) is 9.10. The predicted molar refractivity (Wildman–Crippen MR) is 121 cm³/mol. The van der Waals surface area contributed by atoms with Gasteiger partial charge in [0, 0.05) is 16.1 Å². The molecule has 3 aromatic rings. The van der Waals surface area contributed by atoms with Crippen molar-refractivity contribution in [3.05, 3.63) is 70.4 Å². The highest BCUT2D eigenvalue weighted by molar-refractivity contribution is 7.80. The summed E-state index contributed by atoms with van der Waals surface area (Å²) in [4.78, 5) is 13.7. The second-order valence-corrected chi connectivity index (χ2v) is 8.00. The monoisotopic (exact) mass is 428 g/mol. The number of carbonyl (C=O) groups is 1. The Morgan fingerprint density at radius 3 is 2.52 bits per heavy atom. The minimum absolute atomic E-state index is 0.277. The average Bonchev–Trinajstić information content (AvgIpc) is 3.00. The molecule has 0 aliphatic heterocycles. The van der Waals surface area contributed by atoms with E-state index in [-0.39, 0.29) is 12.4 Å². The second-order valence-electron chi connectivity index (χ2n) is 6.36. The van der Waals surface area contributed by atoms with Crippen LogP contribution in [0.3, 0.4) is 0 Å². The normalized spacial score (nSPS) is 10.5. The number of carbonyl (C=O) groups excluding carboxylic acids is 1. The van der Waals surface area contributed by atoms with Crippen LogP contribution in [0.25, 0.3) is 11.1 Å². The summed E-state index contributed by atoms with van der Waals surface area (Å²) in [5.41, 5.74) is 3.65. The molecule has 0 unspecified atom stereocenters. The van der Waals surface area contributed by atoms with Gasteiger partial charge in [-0.2, -0.15) is 0 Å². The lowest BCUT2D eigenvalue weighted by molar-refractivity contribution is 0.0529. The van der Waals surface area contributed by atoms with E-state index >= 15 is 0 Å². The van der Waals surface area contributed by atoms with Crippen molar-refractivity contribution in [2.75, 3.05) is 17.2 Å². The van der Waals surface area contributed by atoms with Gasteiger partial charge in [0.15, 0.2) is 5.11 Å². The van der Waals surface area contributed by atoms with Crippen molar-refractivity contribution < 1.29 is 13.9 Å². The fourth-order valence-electron chi connectivity index (χ4n) is 3.01. The summed E-state index contributed by atoms with van der Waals surface area (Å²) in [6, 6.07) is 14.1. The lowest BCUT2D eigenvalue weighted by Gasteiger charge is -2.13. The fourth-order valence-corrected chi connectivity index (χ4v) is 4.35. The van der Waals surface area contributed by atoms with Gasteiger partial charge in [-0.1, -0.05) is 30.3 Å². The van der Waals surface area contributed by atoms with Crippen LogP contribution in [0.2, 0.25) is 0 Å². The number of ether oxygens (including phenoxy) is 1. The molecule has 150 valence electrons. The smallest absolute Gasteiger partial charge is 0.341 e. The Hall–Kier alpha value is -2.77. The van der Waals surface area contributed by atoms with Crippen molar-refractivity contribution in [1.29, 1.82) is 0 Å². The van der Waals surface area contributed by atoms with E-state index in [2.05, 4.69) is 10.6 Å². The van der Waals surface area contributed by atoms with Crippen LogP contribution < -0.4 is 10.6 Å². The van der Waals surface area contributed by atoms with E-state index in [4.69, 9.17) is 17.0 Å². The molecule has 4 nitrogen and oxygen atoms in total. The number of hydrogen-bond acceptors (Lipinski definition) is 4. The molecule has 0 spiro atoms. The number of anilines is 2. The van der Waals surface area contributed by atoms with Crippen molar-refractivity contribution >= 4 is 45.3 Å². The zero-order chi connectivity index (χ0) is 21.0. The van der Waals surface area contributed by atoms with Gasteiger partial charge in [-0.05, 0) is 62.3 Å². The maximum Gasteiger partial charge on any atom is 0.341 e. The SMILES string of the molecule is CCOC(=O)c1c(NC(=S)Nc2ccc(F)cc2C)sc(C)c1-c1ccccc1. The third kappa shape index (κ3) is 4.81. The van der Waals surface area contributed by atoms with E-state index in [0.717, 1.165) is 21.6 Å². The number of hydrogen-bond donors (Lipinski definition) is 2. The molecule has 0 saturated heterocycles. The lowest BCUT2D eigenvalue weighted by atomic mass is 10.0.